The van der Waals surface area contributed by atoms with Crippen molar-refractivity contribution in [1.29, 1.82) is 5.26 Å². The number of halogens is 3. The summed E-state index contributed by atoms with van der Waals surface area (Å²) in [6, 6.07) is 4.60. The third kappa shape index (κ3) is 3.86. The normalized spacial score (nSPS) is 13.2. The van der Waals surface area contributed by atoms with Gasteiger partial charge < -0.3 is 10.4 Å². The molecule has 0 amide bonds. The SMILES string of the molecule is CC(C)[C@@H](CO)Nc1ccc(C#N)c(C(F)(F)F)c1. The predicted octanol–water partition coefficient (Wildman–Crippen LogP) is 3.01. The molecule has 1 atom stereocenters. The summed E-state index contributed by atoms with van der Waals surface area (Å²) in [4.78, 5) is 0. The topological polar surface area (TPSA) is 56.0 Å². The van der Waals surface area contributed by atoms with Gasteiger partial charge >= 0.3 is 6.18 Å². The molecule has 104 valence electrons. The van der Waals surface area contributed by atoms with Crippen LogP contribution in [0.1, 0.15) is 25.0 Å². The molecule has 0 fully saturated rings. The van der Waals surface area contributed by atoms with Gasteiger partial charge in [0.05, 0.1) is 29.8 Å². The van der Waals surface area contributed by atoms with E-state index in [0.29, 0.717) is 0 Å². The lowest BCUT2D eigenvalue weighted by atomic mass is 10.0. The molecule has 0 heterocycles. The van der Waals surface area contributed by atoms with Gasteiger partial charge in [-0.3, -0.25) is 0 Å². The largest absolute Gasteiger partial charge is 0.417 e. The van der Waals surface area contributed by atoms with E-state index in [1.54, 1.807) is 0 Å². The molecular formula is C13H15F3N2O. The number of nitrogens with zero attached hydrogens (tertiary/aromatic N) is 1. The number of nitriles is 1. The number of anilines is 1. The molecule has 19 heavy (non-hydrogen) atoms. The van der Waals surface area contributed by atoms with Crippen LogP contribution in [0.5, 0.6) is 0 Å². The lowest BCUT2D eigenvalue weighted by molar-refractivity contribution is -0.137. The van der Waals surface area contributed by atoms with Crippen molar-refractivity contribution in [1.82, 2.24) is 0 Å². The monoisotopic (exact) mass is 272 g/mol. The van der Waals surface area contributed by atoms with Crippen LogP contribution >= 0.6 is 0 Å². The minimum Gasteiger partial charge on any atom is -0.394 e. The minimum atomic E-state index is -4.57. The van der Waals surface area contributed by atoms with Gasteiger partial charge in [0.1, 0.15) is 0 Å². The van der Waals surface area contributed by atoms with Crippen LogP contribution in [-0.4, -0.2) is 17.8 Å². The molecule has 0 aliphatic rings. The molecule has 0 saturated heterocycles. The highest BCUT2D eigenvalue weighted by Crippen LogP contribution is 2.33. The lowest BCUT2D eigenvalue weighted by Gasteiger charge is -2.22. The van der Waals surface area contributed by atoms with Crippen molar-refractivity contribution in [3.8, 4) is 6.07 Å². The molecule has 1 rings (SSSR count). The molecule has 3 nitrogen and oxygen atoms in total. The second-order valence-corrected chi connectivity index (χ2v) is 4.55. The van der Waals surface area contributed by atoms with Gasteiger partial charge in [-0.2, -0.15) is 18.4 Å². The first kappa shape index (κ1) is 15.3. The molecule has 0 aromatic heterocycles. The van der Waals surface area contributed by atoms with Crippen molar-refractivity contribution in [2.24, 2.45) is 5.92 Å². The summed E-state index contributed by atoms with van der Waals surface area (Å²) in [5, 5.41) is 20.7. The number of alkyl halides is 3. The van der Waals surface area contributed by atoms with Crippen LogP contribution < -0.4 is 5.32 Å². The Morgan fingerprint density at radius 2 is 2.00 bits per heavy atom. The molecule has 1 aromatic rings. The van der Waals surface area contributed by atoms with Gasteiger partial charge in [0.15, 0.2) is 0 Å². The van der Waals surface area contributed by atoms with Crippen molar-refractivity contribution in [2.75, 3.05) is 11.9 Å². The number of aliphatic hydroxyl groups is 1. The molecule has 0 bridgehead atoms. The molecule has 0 radical (unpaired) electrons. The Morgan fingerprint density at radius 1 is 1.37 bits per heavy atom. The first-order valence-electron chi connectivity index (χ1n) is 5.78. The van der Waals surface area contributed by atoms with Crippen molar-refractivity contribution >= 4 is 5.69 Å². The van der Waals surface area contributed by atoms with E-state index in [1.165, 1.54) is 12.1 Å². The summed E-state index contributed by atoms with van der Waals surface area (Å²) < 4.78 is 38.3. The number of nitrogens with one attached hydrogen (secondary N) is 1. The minimum absolute atomic E-state index is 0.0648. The summed E-state index contributed by atoms with van der Waals surface area (Å²) in [6.07, 6.45) is -4.57. The molecule has 0 spiro atoms. The van der Waals surface area contributed by atoms with E-state index in [2.05, 4.69) is 5.32 Å². The van der Waals surface area contributed by atoms with E-state index >= 15 is 0 Å². The molecule has 0 aliphatic heterocycles. The van der Waals surface area contributed by atoms with Gasteiger partial charge in [-0.15, -0.1) is 0 Å². The van der Waals surface area contributed by atoms with Crippen LogP contribution in [0.4, 0.5) is 18.9 Å². The first-order chi connectivity index (χ1) is 8.79. The third-order valence-corrected chi connectivity index (χ3v) is 2.80. The summed E-state index contributed by atoms with van der Waals surface area (Å²) in [7, 11) is 0. The zero-order chi connectivity index (χ0) is 14.6. The predicted molar refractivity (Wildman–Crippen MR) is 65.5 cm³/mol. The highest BCUT2D eigenvalue weighted by Gasteiger charge is 2.34. The molecule has 0 saturated carbocycles. The van der Waals surface area contributed by atoms with Gasteiger partial charge in [0.2, 0.25) is 0 Å². The smallest absolute Gasteiger partial charge is 0.394 e. The van der Waals surface area contributed by atoms with E-state index in [1.807, 2.05) is 13.8 Å². The van der Waals surface area contributed by atoms with E-state index in [9.17, 15) is 13.2 Å². The standard InChI is InChI=1S/C13H15F3N2O/c1-8(2)12(7-19)18-10-4-3-9(6-17)11(5-10)13(14,15)16/h3-5,8,12,18-19H,7H2,1-2H3/t12-/m1/s1. The summed E-state index contributed by atoms with van der Waals surface area (Å²) in [6.45, 7) is 3.52. The highest BCUT2D eigenvalue weighted by atomic mass is 19.4. The number of hydrogen-bond donors (Lipinski definition) is 2. The van der Waals surface area contributed by atoms with Gasteiger partial charge in [-0.05, 0) is 24.1 Å². The summed E-state index contributed by atoms with van der Waals surface area (Å²) >= 11 is 0. The van der Waals surface area contributed by atoms with E-state index in [-0.39, 0.29) is 24.3 Å². The Morgan fingerprint density at radius 3 is 2.42 bits per heavy atom. The highest BCUT2D eigenvalue weighted by molar-refractivity contribution is 5.53. The third-order valence-electron chi connectivity index (χ3n) is 2.80. The Balaban J connectivity index is 3.09. The maximum Gasteiger partial charge on any atom is 0.417 e. The van der Waals surface area contributed by atoms with E-state index in [4.69, 9.17) is 10.4 Å². The Kier molecular flexibility index (Phi) is 4.78. The second-order valence-electron chi connectivity index (χ2n) is 4.55. The van der Waals surface area contributed by atoms with Crippen LogP contribution in [0.2, 0.25) is 0 Å². The summed E-state index contributed by atoms with van der Waals surface area (Å²) in [5.74, 6) is 0.0648. The van der Waals surface area contributed by atoms with Gasteiger partial charge in [0, 0.05) is 5.69 Å². The lowest BCUT2D eigenvalue weighted by Crippen LogP contribution is -2.29. The van der Waals surface area contributed by atoms with E-state index in [0.717, 1.165) is 12.1 Å². The maximum absolute atomic E-state index is 12.8. The quantitative estimate of drug-likeness (QED) is 0.885. The average Bonchev–Trinajstić information content (AvgIpc) is 2.34. The molecule has 0 aliphatic carbocycles. The fraction of sp³-hybridized carbons (Fsp3) is 0.462. The molecular weight excluding hydrogens is 257 g/mol. The van der Waals surface area contributed by atoms with E-state index < -0.39 is 17.3 Å². The summed E-state index contributed by atoms with van der Waals surface area (Å²) in [5.41, 5.74) is -1.15. The van der Waals surface area contributed by atoms with Crippen molar-refractivity contribution in [3.05, 3.63) is 29.3 Å². The van der Waals surface area contributed by atoms with Crippen LogP contribution in [-0.2, 0) is 6.18 Å². The second kappa shape index (κ2) is 5.93. The zero-order valence-corrected chi connectivity index (χ0v) is 10.6. The van der Waals surface area contributed by atoms with Gasteiger partial charge in [-0.25, -0.2) is 0 Å². The molecule has 1 aromatic carbocycles. The molecule has 0 unspecified atom stereocenters. The number of benzene rings is 1. The van der Waals surface area contributed by atoms with Crippen molar-refractivity contribution in [3.63, 3.8) is 0 Å². The number of rotatable bonds is 4. The van der Waals surface area contributed by atoms with Crippen LogP contribution in [0.15, 0.2) is 18.2 Å². The Bertz CT molecular complexity index is 478. The van der Waals surface area contributed by atoms with Crippen LogP contribution in [0, 0.1) is 17.2 Å². The zero-order valence-electron chi connectivity index (χ0n) is 10.6. The Hall–Kier alpha value is -1.74. The molecule has 6 heteroatoms. The maximum atomic E-state index is 12.8. The fourth-order valence-corrected chi connectivity index (χ4v) is 1.60. The van der Waals surface area contributed by atoms with Gasteiger partial charge in [0.25, 0.3) is 0 Å². The molecule has 2 N–H and O–H groups in total. The van der Waals surface area contributed by atoms with Crippen LogP contribution in [0.25, 0.3) is 0 Å². The number of aliphatic hydroxyl groups excluding tert-OH is 1. The Labute approximate surface area is 109 Å². The van der Waals surface area contributed by atoms with Crippen molar-refractivity contribution < 1.29 is 18.3 Å². The average molecular weight is 272 g/mol. The fourth-order valence-electron chi connectivity index (χ4n) is 1.60. The first-order valence-corrected chi connectivity index (χ1v) is 5.78. The number of hydrogen-bond acceptors (Lipinski definition) is 3. The van der Waals surface area contributed by atoms with Gasteiger partial charge in [-0.1, -0.05) is 13.8 Å². The van der Waals surface area contributed by atoms with Crippen LogP contribution in [0.3, 0.4) is 0 Å². The van der Waals surface area contributed by atoms with Crippen molar-refractivity contribution in [2.45, 2.75) is 26.1 Å².